The van der Waals surface area contributed by atoms with E-state index in [0.29, 0.717) is 18.9 Å². The van der Waals surface area contributed by atoms with Crippen LogP contribution < -0.4 is 11.5 Å². The van der Waals surface area contributed by atoms with Crippen molar-refractivity contribution in [3.05, 3.63) is 11.3 Å². The van der Waals surface area contributed by atoms with Gasteiger partial charge in [-0.15, -0.1) is 0 Å². The Morgan fingerprint density at radius 3 is 3.08 bits per heavy atom. The molecule has 1 aromatic rings. The SMILES string of the molecule is NC(=O)N1CCc2[nH]nc(N)c2C1. The molecule has 6 nitrogen and oxygen atoms in total. The fourth-order valence-electron chi connectivity index (χ4n) is 1.51. The van der Waals surface area contributed by atoms with Crippen molar-refractivity contribution in [1.82, 2.24) is 15.1 Å². The van der Waals surface area contributed by atoms with Crippen molar-refractivity contribution in [2.24, 2.45) is 5.73 Å². The van der Waals surface area contributed by atoms with Crippen LogP contribution in [-0.4, -0.2) is 27.7 Å². The summed E-state index contributed by atoms with van der Waals surface area (Å²) in [5, 5.41) is 6.70. The van der Waals surface area contributed by atoms with Crippen LogP contribution in [0.2, 0.25) is 0 Å². The first-order chi connectivity index (χ1) is 6.18. The summed E-state index contributed by atoms with van der Waals surface area (Å²) in [5.74, 6) is 0.459. The van der Waals surface area contributed by atoms with Crippen molar-refractivity contribution in [3.8, 4) is 0 Å². The lowest BCUT2D eigenvalue weighted by molar-refractivity contribution is 0.202. The molecule has 0 saturated carbocycles. The van der Waals surface area contributed by atoms with Crippen LogP contribution in [-0.2, 0) is 13.0 Å². The van der Waals surface area contributed by atoms with Gasteiger partial charge in [-0.2, -0.15) is 5.10 Å². The van der Waals surface area contributed by atoms with Crippen LogP contribution in [0.25, 0.3) is 0 Å². The number of nitrogens with two attached hydrogens (primary N) is 2. The molecule has 1 aliphatic rings. The molecule has 0 aromatic carbocycles. The molecule has 13 heavy (non-hydrogen) atoms. The van der Waals surface area contributed by atoms with Crippen LogP contribution in [0.15, 0.2) is 0 Å². The lowest BCUT2D eigenvalue weighted by Crippen LogP contribution is -2.39. The van der Waals surface area contributed by atoms with Gasteiger partial charge in [-0.1, -0.05) is 0 Å². The number of nitrogens with one attached hydrogen (secondary N) is 1. The Balaban J connectivity index is 2.27. The maximum absolute atomic E-state index is 10.9. The van der Waals surface area contributed by atoms with Crippen molar-refractivity contribution in [1.29, 1.82) is 0 Å². The lowest BCUT2D eigenvalue weighted by Gasteiger charge is -2.24. The van der Waals surface area contributed by atoms with Gasteiger partial charge < -0.3 is 16.4 Å². The molecule has 0 saturated heterocycles. The number of fused-ring (bicyclic) bond motifs is 1. The first-order valence-corrected chi connectivity index (χ1v) is 4.04. The number of amides is 2. The third-order valence-corrected chi connectivity index (χ3v) is 2.28. The third-order valence-electron chi connectivity index (χ3n) is 2.28. The molecule has 0 fully saturated rings. The maximum Gasteiger partial charge on any atom is 0.315 e. The van der Waals surface area contributed by atoms with Crippen molar-refractivity contribution < 1.29 is 4.79 Å². The summed E-state index contributed by atoms with van der Waals surface area (Å²) < 4.78 is 0. The van der Waals surface area contributed by atoms with Gasteiger partial charge in [0.1, 0.15) is 5.82 Å². The average Bonchev–Trinajstić information content (AvgIpc) is 2.47. The van der Waals surface area contributed by atoms with E-state index in [1.54, 1.807) is 4.90 Å². The normalized spacial score (nSPS) is 15.5. The number of primary amides is 1. The summed E-state index contributed by atoms with van der Waals surface area (Å²) >= 11 is 0. The fraction of sp³-hybridized carbons (Fsp3) is 0.429. The lowest BCUT2D eigenvalue weighted by atomic mass is 10.1. The molecule has 2 rings (SSSR count). The number of aromatic nitrogens is 2. The Morgan fingerprint density at radius 2 is 2.38 bits per heavy atom. The Labute approximate surface area is 74.9 Å². The van der Waals surface area contributed by atoms with Crippen molar-refractivity contribution in [2.45, 2.75) is 13.0 Å². The Kier molecular flexibility index (Phi) is 1.61. The number of urea groups is 1. The first kappa shape index (κ1) is 7.90. The molecule has 0 bridgehead atoms. The molecular formula is C7H11N5O. The highest BCUT2D eigenvalue weighted by Crippen LogP contribution is 2.20. The van der Waals surface area contributed by atoms with E-state index in [0.717, 1.165) is 17.7 Å². The van der Waals surface area contributed by atoms with Crippen molar-refractivity contribution >= 4 is 11.8 Å². The molecule has 0 radical (unpaired) electrons. The molecule has 0 unspecified atom stereocenters. The summed E-state index contributed by atoms with van der Waals surface area (Å²) in [6, 6.07) is -0.411. The summed E-state index contributed by atoms with van der Waals surface area (Å²) in [5.41, 5.74) is 12.7. The van der Waals surface area contributed by atoms with Crippen molar-refractivity contribution in [2.75, 3.05) is 12.3 Å². The van der Waals surface area contributed by atoms with Gasteiger partial charge in [0.15, 0.2) is 0 Å². The summed E-state index contributed by atoms with van der Waals surface area (Å²) in [6.07, 6.45) is 0.739. The Morgan fingerprint density at radius 1 is 1.62 bits per heavy atom. The minimum absolute atomic E-state index is 0.411. The summed E-state index contributed by atoms with van der Waals surface area (Å²) in [4.78, 5) is 12.4. The number of aromatic amines is 1. The fourth-order valence-corrected chi connectivity index (χ4v) is 1.51. The van der Waals surface area contributed by atoms with Gasteiger partial charge in [-0.05, 0) is 0 Å². The number of carbonyl (C=O) groups excluding carboxylic acids is 1. The number of hydrogen-bond donors (Lipinski definition) is 3. The van der Waals surface area contributed by atoms with E-state index in [1.807, 2.05) is 0 Å². The number of hydrogen-bond acceptors (Lipinski definition) is 3. The number of nitrogens with zero attached hydrogens (tertiary/aromatic N) is 2. The quantitative estimate of drug-likeness (QED) is 0.499. The second-order valence-corrected chi connectivity index (χ2v) is 3.08. The molecule has 2 heterocycles. The van der Waals surface area contributed by atoms with Crippen molar-refractivity contribution in [3.63, 3.8) is 0 Å². The van der Waals surface area contributed by atoms with E-state index in [1.165, 1.54) is 0 Å². The predicted molar refractivity (Wildman–Crippen MR) is 46.7 cm³/mol. The number of nitrogen functional groups attached to an aromatic ring is 1. The molecule has 1 aromatic heterocycles. The minimum atomic E-state index is -0.411. The van der Waals surface area contributed by atoms with Gasteiger partial charge in [0, 0.05) is 24.2 Å². The molecule has 0 aliphatic carbocycles. The second kappa shape index (κ2) is 2.65. The van der Waals surface area contributed by atoms with E-state index >= 15 is 0 Å². The highest BCUT2D eigenvalue weighted by Gasteiger charge is 2.22. The molecule has 1 aliphatic heterocycles. The molecule has 0 atom stereocenters. The van der Waals surface area contributed by atoms with Gasteiger partial charge in [0.2, 0.25) is 0 Å². The Bertz CT molecular complexity index is 345. The topological polar surface area (TPSA) is 101 Å². The predicted octanol–water partition coefficient (Wildman–Crippen LogP) is -0.571. The molecule has 2 amide bonds. The zero-order valence-electron chi connectivity index (χ0n) is 7.08. The van der Waals surface area contributed by atoms with E-state index in [4.69, 9.17) is 11.5 Å². The summed E-state index contributed by atoms with van der Waals surface area (Å²) in [6.45, 7) is 1.09. The largest absolute Gasteiger partial charge is 0.382 e. The number of carbonyl (C=O) groups is 1. The van der Waals surface area contributed by atoms with Gasteiger partial charge >= 0.3 is 6.03 Å². The molecule has 70 valence electrons. The molecular weight excluding hydrogens is 170 g/mol. The van der Waals surface area contributed by atoms with E-state index in [9.17, 15) is 4.79 Å². The van der Waals surface area contributed by atoms with Gasteiger partial charge in [0.05, 0.1) is 6.54 Å². The van der Waals surface area contributed by atoms with Crippen LogP contribution in [0.4, 0.5) is 10.6 Å². The van der Waals surface area contributed by atoms with Crippen LogP contribution >= 0.6 is 0 Å². The summed E-state index contributed by atoms with van der Waals surface area (Å²) in [7, 11) is 0. The van der Waals surface area contributed by atoms with Gasteiger partial charge in [-0.25, -0.2) is 4.79 Å². The molecule has 6 heteroatoms. The standard InChI is InChI=1S/C7H11N5O/c8-6-4-3-12(7(9)13)2-1-5(4)10-11-6/h1-3H2,(H2,9,13)(H3,8,10,11). The zero-order chi connectivity index (χ0) is 9.42. The van der Waals surface area contributed by atoms with Gasteiger partial charge in [0.25, 0.3) is 0 Å². The molecule has 0 spiro atoms. The van der Waals surface area contributed by atoms with Gasteiger partial charge in [-0.3, -0.25) is 5.10 Å². The molecule has 5 N–H and O–H groups in total. The highest BCUT2D eigenvalue weighted by molar-refractivity contribution is 5.72. The monoisotopic (exact) mass is 181 g/mol. The zero-order valence-corrected chi connectivity index (χ0v) is 7.08. The second-order valence-electron chi connectivity index (χ2n) is 3.08. The number of H-pyrrole nitrogens is 1. The first-order valence-electron chi connectivity index (χ1n) is 4.04. The smallest absolute Gasteiger partial charge is 0.315 e. The Hall–Kier alpha value is -1.72. The van der Waals surface area contributed by atoms with E-state index in [2.05, 4.69) is 10.2 Å². The number of rotatable bonds is 0. The average molecular weight is 181 g/mol. The van der Waals surface area contributed by atoms with E-state index < -0.39 is 6.03 Å². The van der Waals surface area contributed by atoms with Crippen LogP contribution in [0.3, 0.4) is 0 Å². The third kappa shape index (κ3) is 1.20. The highest BCUT2D eigenvalue weighted by atomic mass is 16.2. The minimum Gasteiger partial charge on any atom is -0.382 e. The van der Waals surface area contributed by atoms with E-state index in [-0.39, 0.29) is 0 Å². The maximum atomic E-state index is 10.9. The van der Waals surface area contributed by atoms with Crippen LogP contribution in [0, 0.1) is 0 Å². The van der Waals surface area contributed by atoms with Crippen LogP contribution in [0.1, 0.15) is 11.3 Å². The number of anilines is 1. The van der Waals surface area contributed by atoms with Crippen LogP contribution in [0.5, 0.6) is 0 Å².